The molecule has 1 aromatic carbocycles. The summed E-state index contributed by atoms with van der Waals surface area (Å²) in [5.41, 5.74) is 1.49. The fraction of sp³-hybridized carbons (Fsp3) is 0.533. The molecule has 0 aliphatic rings. The highest BCUT2D eigenvalue weighted by Crippen LogP contribution is 2.18. The zero-order valence-electron chi connectivity index (χ0n) is 13.1. The molecule has 21 heavy (non-hydrogen) atoms. The van der Waals surface area contributed by atoms with E-state index in [1.807, 2.05) is 26.8 Å². The van der Waals surface area contributed by atoms with Crippen LogP contribution in [0.4, 0.5) is 0 Å². The van der Waals surface area contributed by atoms with Crippen LogP contribution >= 0.6 is 0 Å². The Morgan fingerprint density at radius 3 is 2.43 bits per heavy atom. The number of sulfonamides is 1. The smallest absolute Gasteiger partial charge is 0.323 e. The normalized spacial score (nSPS) is 13.2. The van der Waals surface area contributed by atoms with Crippen LogP contribution < -0.4 is 4.72 Å². The molecule has 0 radical (unpaired) electrons. The van der Waals surface area contributed by atoms with Gasteiger partial charge in [-0.1, -0.05) is 26.0 Å². The van der Waals surface area contributed by atoms with Gasteiger partial charge in [0.1, 0.15) is 6.04 Å². The van der Waals surface area contributed by atoms with Gasteiger partial charge in [0.05, 0.1) is 12.0 Å². The van der Waals surface area contributed by atoms with Gasteiger partial charge in [0.25, 0.3) is 0 Å². The molecule has 0 amide bonds. The number of esters is 1. The van der Waals surface area contributed by atoms with E-state index in [1.54, 1.807) is 19.1 Å². The van der Waals surface area contributed by atoms with Gasteiger partial charge < -0.3 is 4.74 Å². The van der Waals surface area contributed by atoms with E-state index in [2.05, 4.69) is 9.46 Å². The molecule has 0 heterocycles. The highest BCUT2D eigenvalue weighted by Gasteiger charge is 2.28. The molecule has 1 N–H and O–H groups in total. The lowest BCUT2D eigenvalue weighted by molar-refractivity contribution is -0.143. The minimum Gasteiger partial charge on any atom is -0.468 e. The summed E-state index contributed by atoms with van der Waals surface area (Å²) in [6.45, 7) is 7.39. The van der Waals surface area contributed by atoms with Gasteiger partial charge in [-0.15, -0.1) is 0 Å². The second kappa shape index (κ2) is 7.04. The number of carbonyl (C=O) groups excluding carboxylic acids is 1. The Labute approximate surface area is 126 Å². The minimum atomic E-state index is -3.76. The third-order valence-corrected chi connectivity index (χ3v) is 4.74. The van der Waals surface area contributed by atoms with Crippen molar-refractivity contribution < 1.29 is 17.9 Å². The highest BCUT2D eigenvalue weighted by atomic mass is 32.2. The third-order valence-electron chi connectivity index (χ3n) is 3.12. The van der Waals surface area contributed by atoms with Crippen LogP contribution in [0.25, 0.3) is 0 Å². The Hall–Kier alpha value is -1.40. The molecule has 0 saturated carbocycles. The van der Waals surface area contributed by atoms with Crippen molar-refractivity contribution in [3.8, 4) is 0 Å². The van der Waals surface area contributed by atoms with E-state index in [0.717, 1.165) is 5.56 Å². The summed E-state index contributed by atoms with van der Waals surface area (Å²) in [6, 6.07) is 4.32. The molecule has 0 spiro atoms. The second-order valence-electron chi connectivity index (χ2n) is 5.60. The van der Waals surface area contributed by atoms with Crippen molar-refractivity contribution in [1.29, 1.82) is 0 Å². The maximum atomic E-state index is 12.5. The van der Waals surface area contributed by atoms with E-state index in [0.29, 0.717) is 12.0 Å². The quantitative estimate of drug-likeness (QED) is 0.817. The van der Waals surface area contributed by atoms with E-state index in [-0.39, 0.29) is 10.8 Å². The number of benzene rings is 1. The van der Waals surface area contributed by atoms with Crippen molar-refractivity contribution in [2.75, 3.05) is 7.11 Å². The van der Waals surface area contributed by atoms with Crippen LogP contribution in [0.5, 0.6) is 0 Å². The highest BCUT2D eigenvalue weighted by molar-refractivity contribution is 7.89. The third kappa shape index (κ3) is 4.82. The lowest BCUT2D eigenvalue weighted by Gasteiger charge is -2.19. The second-order valence-corrected chi connectivity index (χ2v) is 7.28. The van der Waals surface area contributed by atoms with Gasteiger partial charge >= 0.3 is 5.97 Å². The number of hydrogen-bond acceptors (Lipinski definition) is 4. The van der Waals surface area contributed by atoms with Gasteiger partial charge in [0.2, 0.25) is 10.0 Å². The fourth-order valence-electron chi connectivity index (χ4n) is 2.05. The number of nitrogens with one attached hydrogen (secondary N) is 1. The summed E-state index contributed by atoms with van der Waals surface area (Å²) in [5, 5.41) is 0. The lowest BCUT2D eigenvalue weighted by Crippen LogP contribution is -2.42. The lowest BCUT2D eigenvalue weighted by atomic mass is 10.1. The van der Waals surface area contributed by atoms with E-state index < -0.39 is 22.0 Å². The molecule has 1 aromatic rings. The number of ether oxygens (including phenoxy) is 1. The first-order valence-electron chi connectivity index (χ1n) is 6.84. The summed E-state index contributed by atoms with van der Waals surface area (Å²) in [7, 11) is -2.51. The molecule has 5 nitrogen and oxygen atoms in total. The first-order chi connectivity index (χ1) is 9.67. The Morgan fingerprint density at radius 1 is 1.29 bits per heavy atom. The standard InChI is InChI=1S/C15H23NO4S/c1-10(2)8-13(15(17)20-5)16-21(18,19)14-9-11(3)6-7-12(14)4/h6-7,9-10,13,16H,8H2,1-5H3. The maximum Gasteiger partial charge on any atom is 0.323 e. The predicted molar refractivity (Wildman–Crippen MR) is 81.5 cm³/mol. The Bertz CT molecular complexity index is 608. The molecule has 0 bridgehead atoms. The number of rotatable bonds is 6. The summed E-state index contributed by atoms with van der Waals surface area (Å²) in [4.78, 5) is 12.0. The SMILES string of the molecule is COC(=O)C(CC(C)C)NS(=O)(=O)c1cc(C)ccc1C. The van der Waals surface area contributed by atoms with Crippen LogP contribution in [-0.2, 0) is 19.6 Å². The molecule has 0 aliphatic carbocycles. The van der Waals surface area contributed by atoms with Crippen LogP contribution in [0, 0.1) is 19.8 Å². The Morgan fingerprint density at radius 2 is 1.90 bits per heavy atom. The summed E-state index contributed by atoms with van der Waals surface area (Å²) >= 11 is 0. The Balaban J connectivity index is 3.11. The van der Waals surface area contributed by atoms with E-state index in [1.165, 1.54) is 7.11 Å². The summed E-state index contributed by atoms with van der Waals surface area (Å²) in [5.74, 6) is -0.409. The van der Waals surface area contributed by atoms with Gasteiger partial charge in [-0.25, -0.2) is 8.42 Å². The van der Waals surface area contributed by atoms with Gasteiger partial charge in [0.15, 0.2) is 0 Å². The predicted octanol–water partition coefficient (Wildman–Crippen LogP) is 2.17. The number of methoxy groups -OCH3 is 1. The van der Waals surface area contributed by atoms with E-state index >= 15 is 0 Å². The van der Waals surface area contributed by atoms with Crippen molar-refractivity contribution in [2.45, 2.75) is 45.1 Å². The fourth-order valence-corrected chi connectivity index (χ4v) is 3.58. The molecule has 6 heteroatoms. The maximum absolute atomic E-state index is 12.5. The van der Waals surface area contributed by atoms with Gasteiger partial charge in [-0.3, -0.25) is 4.79 Å². The van der Waals surface area contributed by atoms with Crippen molar-refractivity contribution in [1.82, 2.24) is 4.72 Å². The molecule has 0 fully saturated rings. The number of aryl methyl sites for hydroxylation is 2. The topological polar surface area (TPSA) is 72.5 Å². The van der Waals surface area contributed by atoms with Crippen LogP contribution in [-0.4, -0.2) is 27.5 Å². The van der Waals surface area contributed by atoms with E-state index in [4.69, 9.17) is 0 Å². The summed E-state index contributed by atoms with van der Waals surface area (Å²) < 4.78 is 32.1. The first kappa shape index (κ1) is 17.7. The van der Waals surface area contributed by atoms with Crippen LogP contribution in [0.3, 0.4) is 0 Å². The molecule has 118 valence electrons. The van der Waals surface area contributed by atoms with Crippen LogP contribution in [0.1, 0.15) is 31.4 Å². The molecule has 1 rings (SSSR count). The molecular formula is C15H23NO4S. The monoisotopic (exact) mass is 313 g/mol. The molecule has 1 unspecified atom stereocenters. The van der Waals surface area contributed by atoms with Crippen LogP contribution in [0.15, 0.2) is 23.1 Å². The number of carbonyl (C=O) groups is 1. The zero-order chi connectivity index (χ0) is 16.2. The number of hydrogen-bond donors (Lipinski definition) is 1. The minimum absolute atomic E-state index is 0.162. The zero-order valence-corrected chi connectivity index (χ0v) is 14.0. The van der Waals surface area contributed by atoms with Gasteiger partial charge in [-0.2, -0.15) is 4.72 Å². The van der Waals surface area contributed by atoms with Gasteiger partial charge in [-0.05, 0) is 43.4 Å². The molecule has 0 aromatic heterocycles. The average Bonchev–Trinajstić information content (AvgIpc) is 2.38. The van der Waals surface area contributed by atoms with Crippen LogP contribution in [0.2, 0.25) is 0 Å². The van der Waals surface area contributed by atoms with E-state index in [9.17, 15) is 13.2 Å². The van der Waals surface area contributed by atoms with Crippen molar-refractivity contribution in [3.63, 3.8) is 0 Å². The largest absolute Gasteiger partial charge is 0.468 e. The molecule has 1 atom stereocenters. The molecular weight excluding hydrogens is 290 g/mol. The van der Waals surface area contributed by atoms with Gasteiger partial charge in [0, 0.05) is 0 Å². The average molecular weight is 313 g/mol. The Kier molecular flexibility index (Phi) is 5.92. The van der Waals surface area contributed by atoms with Crippen molar-refractivity contribution >= 4 is 16.0 Å². The molecule has 0 aliphatic heterocycles. The van der Waals surface area contributed by atoms with Crippen molar-refractivity contribution in [2.24, 2.45) is 5.92 Å². The first-order valence-corrected chi connectivity index (χ1v) is 8.33. The van der Waals surface area contributed by atoms with Crippen molar-refractivity contribution in [3.05, 3.63) is 29.3 Å². The molecule has 0 saturated heterocycles. The summed E-state index contributed by atoms with van der Waals surface area (Å²) in [6.07, 6.45) is 0.386.